The molecule has 1 aliphatic heterocycles. The van der Waals surface area contributed by atoms with Crippen LogP contribution in [0.5, 0.6) is 0 Å². The van der Waals surface area contributed by atoms with Crippen LogP contribution in [0.15, 0.2) is 0 Å². The maximum Gasteiger partial charge on any atom is 0.238 e. The lowest BCUT2D eigenvalue weighted by molar-refractivity contribution is -0.120. The Balaban J connectivity index is 2.41. The quantitative estimate of drug-likeness (QED) is 0.507. The molecule has 1 rings (SSSR count). The largest absolute Gasteiger partial charge is 0.355 e. The number of carbonyl (C=O) groups excluding carboxylic acids is 1. The van der Waals surface area contributed by atoms with Crippen LogP contribution < -0.4 is 5.32 Å². The first-order chi connectivity index (χ1) is 4.30. The van der Waals surface area contributed by atoms with E-state index in [0.29, 0.717) is 0 Å². The van der Waals surface area contributed by atoms with Crippen molar-refractivity contribution < 1.29 is 4.79 Å². The average Bonchev–Trinajstić information content (AvgIpc) is 1.99. The molecule has 0 saturated carbocycles. The molecule has 0 aromatic rings. The van der Waals surface area contributed by atoms with Gasteiger partial charge in [0.2, 0.25) is 5.91 Å². The highest BCUT2D eigenvalue weighted by Crippen LogP contribution is 2.10. The molecule has 2 nitrogen and oxygen atoms in total. The summed E-state index contributed by atoms with van der Waals surface area (Å²) in [6.45, 7) is 0.794. The Morgan fingerprint density at radius 1 is 1.56 bits per heavy atom. The average molecular weight is 148 g/mol. The highest BCUT2D eigenvalue weighted by atomic mass is 35.5. The van der Waals surface area contributed by atoms with E-state index in [2.05, 4.69) is 5.32 Å². The van der Waals surface area contributed by atoms with E-state index in [1.165, 1.54) is 0 Å². The summed E-state index contributed by atoms with van der Waals surface area (Å²) < 4.78 is 0. The standard InChI is InChI=1S/C6H10ClNO/c7-5-3-1-2-4-8-6(5)9/h5H,1-4H2,(H,8,9)/t5-/m1/s1. The van der Waals surface area contributed by atoms with Gasteiger partial charge in [-0.3, -0.25) is 4.79 Å². The predicted molar refractivity (Wildman–Crippen MR) is 36.5 cm³/mol. The minimum Gasteiger partial charge on any atom is -0.355 e. The molecule has 0 spiro atoms. The third kappa shape index (κ3) is 1.86. The van der Waals surface area contributed by atoms with Gasteiger partial charge in [0.1, 0.15) is 5.38 Å². The maximum atomic E-state index is 10.8. The Morgan fingerprint density at radius 3 is 3.11 bits per heavy atom. The van der Waals surface area contributed by atoms with Crippen molar-refractivity contribution in [2.24, 2.45) is 0 Å². The van der Waals surface area contributed by atoms with E-state index in [9.17, 15) is 4.79 Å². The van der Waals surface area contributed by atoms with Crippen LogP contribution >= 0.6 is 11.6 Å². The van der Waals surface area contributed by atoms with E-state index in [0.717, 1.165) is 25.8 Å². The number of alkyl halides is 1. The lowest BCUT2D eigenvalue weighted by atomic mass is 10.2. The fraction of sp³-hybridized carbons (Fsp3) is 0.833. The van der Waals surface area contributed by atoms with Gasteiger partial charge in [-0.15, -0.1) is 11.6 Å². The fourth-order valence-electron chi connectivity index (χ4n) is 0.902. The van der Waals surface area contributed by atoms with Gasteiger partial charge >= 0.3 is 0 Å². The second-order valence-corrected chi connectivity index (χ2v) is 2.78. The highest BCUT2D eigenvalue weighted by molar-refractivity contribution is 6.30. The normalized spacial score (nSPS) is 29.0. The molecule has 0 aromatic heterocycles. The predicted octanol–water partition coefficient (Wildman–Crippen LogP) is 0.894. The number of halogens is 1. The fourth-order valence-corrected chi connectivity index (χ4v) is 1.13. The van der Waals surface area contributed by atoms with Crippen LogP contribution in [0.25, 0.3) is 0 Å². The molecule has 3 heteroatoms. The molecular formula is C6H10ClNO. The van der Waals surface area contributed by atoms with Gasteiger partial charge in [-0.1, -0.05) is 0 Å². The summed E-state index contributed by atoms with van der Waals surface area (Å²) in [5, 5.41) is 2.44. The molecule has 52 valence electrons. The molecule has 1 atom stereocenters. The molecule has 1 fully saturated rings. The maximum absolute atomic E-state index is 10.8. The topological polar surface area (TPSA) is 29.1 Å². The molecule has 1 aliphatic rings. The van der Waals surface area contributed by atoms with Gasteiger partial charge in [0, 0.05) is 6.54 Å². The molecule has 0 aromatic carbocycles. The molecular weight excluding hydrogens is 138 g/mol. The molecule has 1 amide bonds. The second-order valence-electron chi connectivity index (χ2n) is 2.25. The Labute approximate surface area is 59.6 Å². The van der Waals surface area contributed by atoms with Crippen molar-refractivity contribution >= 4 is 17.5 Å². The van der Waals surface area contributed by atoms with Crippen LogP contribution in [0.4, 0.5) is 0 Å². The summed E-state index contributed by atoms with van der Waals surface area (Å²) in [7, 11) is 0. The first kappa shape index (κ1) is 6.87. The zero-order chi connectivity index (χ0) is 6.69. The molecule has 0 bridgehead atoms. The number of hydrogen-bond acceptors (Lipinski definition) is 1. The SMILES string of the molecule is O=C1NCCCC[C@H]1Cl. The molecule has 1 heterocycles. The van der Waals surface area contributed by atoms with E-state index in [-0.39, 0.29) is 11.3 Å². The summed E-state index contributed by atoms with van der Waals surface area (Å²) in [5.41, 5.74) is 0. The minimum absolute atomic E-state index is 0.00540. The first-order valence-electron chi connectivity index (χ1n) is 3.22. The van der Waals surface area contributed by atoms with Crippen LogP contribution in [-0.2, 0) is 4.79 Å². The number of amides is 1. The lowest BCUT2D eigenvalue weighted by Gasteiger charge is -2.01. The van der Waals surface area contributed by atoms with Crippen molar-refractivity contribution in [3.8, 4) is 0 Å². The van der Waals surface area contributed by atoms with Gasteiger partial charge < -0.3 is 5.32 Å². The molecule has 9 heavy (non-hydrogen) atoms. The Kier molecular flexibility index (Phi) is 2.34. The second kappa shape index (κ2) is 3.06. The summed E-state index contributed by atoms with van der Waals surface area (Å²) in [6.07, 6.45) is 2.95. The summed E-state index contributed by atoms with van der Waals surface area (Å²) in [5.74, 6) is -0.00540. The van der Waals surface area contributed by atoms with Gasteiger partial charge in [0.25, 0.3) is 0 Å². The summed E-state index contributed by atoms with van der Waals surface area (Å²) in [6, 6.07) is 0. The van der Waals surface area contributed by atoms with Crippen molar-refractivity contribution in [3.63, 3.8) is 0 Å². The van der Waals surface area contributed by atoms with Gasteiger partial charge in [0.15, 0.2) is 0 Å². The molecule has 0 radical (unpaired) electrons. The van der Waals surface area contributed by atoms with E-state index >= 15 is 0 Å². The van der Waals surface area contributed by atoms with Crippen LogP contribution in [0.2, 0.25) is 0 Å². The number of rotatable bonds is 0. The smallest absolute Gasteiger partial charge is 0.238 e. The van der Waals surface area contributed by atoms with Gasteiger partial charge in [0.05, 0.1) is 0 Å². The monoisotopic (exact) mass is 147 g/mol. The van der Waals surface area contributed by atoms with Crippen molar-refractivity contribution in [2.75, 3.05) is 6.54 Å². The van der Waals surface area contributed by atoms with Crippen LogP contribution in [0.3, 0.4) is 0 Å². The minimum atomic E-state index is -0.285. The number of carbonyl (C=O) groups is 1. The van der Waals surface area contributed by atoms with E-state index < -0.39 is 0 Å². The van der Waals surface area contributed by atoms with Crippen LogP contribution in [0, 0.1) is 0 Å². The number of hydrogen-bond donors (Lipinski definition) is 1. The van der Waals surface area contributed by atoms with E-state index in [1.54, 1.807) is 0 Å². The van der Waals surface area contributed by atoms with Crippen molar-refractivity contribution in [2.45, 2.75) is 24.6 Å². The third-order valence-corrected chi connectivity index (χ3v) is 1.88. The molecule has 1 N–H and O–H groups in total. The van der Waals surface area contributed by atoms with Crippen LogP contribution in [-0.4, -0.2) is 17.8 Å². The summed E-state index contributed by atoms with van der Waals surface area (Å²) in [4.78, 5) is 10.8. The Morgan fingerprint density at radius 2 is 2.33 bits per heavy atom. The summed E-state index contributed by atoms with van der Waals surface area (Å²) >= 11 is 5.66. The Bertz CT molecular complexity index is 116. The number of nitrogens with one attached hydrogen (secondary N) is 1. The van der Waals surface area contributed by atoms with Crippen molar-refractivity contribution in [1.82, 2.24) is 5.32 Å². The Hall–Kier alpha value is -0.240. The zero-order valence-electron chi connectivity index (χ0n) is 5.19. The first-order valence-corrected chi connectivity index (χ1v) is 3.66. The van der Waals surface area contributed by atoms with Crippen molar-refractivity contribution in [1.29, 1.82) is 0 Å². The van der Waals surface area contributed by atoms with Gasteiger partial charge in [-0.25, -0.2) is 0 Å². The lowest BCUT2D eigenvalue weighted by Crippen LogP contribution is -2.29. The van der Waals surface area contributed by atoms with Crippen LogP contribution in [0.1, 0.15) is 19.3 Å². The zero-order valence-corrected chi connectivity index (χ0v) is 5.95. The molecule has 1 saturated heterocycles. The molecule has 0 unspecified atom stereocenters. The van der Waals surface area contributed by atoms with Gasteiger partial charge in [-0.2, -0.15) is 0 Å². The highest BCUT2D eigenvalue weighted by Gasteiger charge is 2.16. The molecule has 0 aliphatic carbocycles. The third-order valence-electron chi connectivity index (χ3n) is 1.47. The van der Waals surface area contributed by atoms with E-state index in [4.69, 9.17) is 11.6 Å². The van der Waals surface area contributed by atoms with Crippen molar-refractivity contribution in [3.05, 3.63) is 0 Å². The van der Waals surface area contributed by atoms with Gasteiger partial charge in [-0.05, 0) is 19.3 Å². The van der Waals surface area contributed by atoms with E-state index in [1.807, 2.05) is 0 Å².